The fourth-order valence-corrected chi connectivity index (χ4v) is 4.88. The molecule has 0 bridgehead atoms. The van der Waals surface area contributed by atoms with Gasteiger partial charge in [0, 0.05) is 22.4 Å². The van der Waals surface area contributed by atoms with Gasteiger partial charge in [0.05, 0.1) is 17.3 Å². The molecule has 0 saturated carbocycles. The Balaban J connectivity index is 0.00000175. The second-order valence-corrected chi connectivity index (χ2v) is 7.53. The summed E-state index contributed by atoms with van der Waals surface area (Å²) in [4.78, 5) is 2.22. The van der Waals surface area contributed by atoms with Crippen LogP contribution in [-0.4, -0.2) is 5.11 Å². The number of nitrogens with zero attached hydrogens (tertiary/aromatic N) is 1. The zero-order valence-corrected chi connectivity index (χ0v) is 15.3. The van der Waals surface area contributed by atoms with Crippen molar-refractivity contribution in [1.29, 1.82) is 0 Å². The predicted octanol–water partition coefficient (Wildman–Crippen LogP) is 7.20. The number of rotatable bonds is 1. The summed E-state index contributed by atoms with van der Waals surface area (Å²) in [6.07, 6.45) is 0. The zero-order valence-electron chi connectivity index (χ0n) is 15.3. The Morgan fingerprint density at radius 2 is 1.07 bits per heavy atom. The van der Waals surface area contributed by atoms with Gasteiger partial charge in [-0.15, -0.1) is 0 Å². The number of anilines is 3. The summed E-state index contributed by atoms with van der Waals surface area (Å²) in [5.74, 6) is 3.80. The van der Waals surface area contributed by atoms with Gasteiger partial charge in [0.1, 0.15) is 28.7 Å². The highest BCUT2D eigenvalue weighted by molar-refractivity contribution is 5.91. The van der Waals surface area contributed by atoms with Crippen molar-refractivity contribution in [1.82, 2.24) is 0 Å². The second-order valence-electron chi connectivity index (χ2n) is 7.53. The maximum Gasteiger partial charge on any atom is 0.135 e. The van der Waals surface area contributed by atoms with E-state index in [1.54, 1.807) is 12.1 Å². The van der Waals surface area contributed by atoms with Crippen molar-refractivity contribution in [3.63, 3.8) is 0 Å². The molecule has 0 fully saturated rings. The molecule has 30 heavy (non-hydrogen) atoms. The van der Waals surface area contributed by atoms with Crippen LogP contribution in [0.1, 0.15) is 30.0 Å². The van der Waals surface area contributed by atoms with Crippen molar-refractivity contribution in [2.75, 3.05) is 4.90 Å². The Morgan fingerprint density at radius 1 is 0.600 bits per heavy atom. The number of benzene rings is 4. The lowest BCUT2D eigenvalue weighted by Gasteiger charge is -2.43. The first-order chi connectivity index (χ1) is 14.3. The molecule has 0 amide bonds. The molecule has 3 aliphatic rings. The van der Waals surface area contributed by atoms with Gasteiger partial charge in [-0.1, -0.05) is 25.6 Å². The highest BCUT2D eigenvalue weighted by Crippen LogP contribution is 2.64. The van der Waals surface area contributed by atoms with Crippen molar-refractivity contribution in [3.05, 3.63) is 95.6 Å². The van der Waals surface area contributed by atoms with Crippen molar-refractivity contribution in [2.24, 2.45) is 0 Å². The van der Waals surface area contributed by atoms with Crippen molar-refractivity contribution in [2.45, 2.75) is 13.3 Å². The van der Waals surface area contributed by atoms with E-state index >= 15 is 0 Å². The first kappa shape index (κ1) is 17.0. The number of phenols is 1. The zero-order chi connectivity index (χ0) is 19.1. The third kappa shape index (κ3) is 2.00. The lowest BCUT2D eigenvalue weighted by molar-refractivity contribution is 0.409. The first-order valence-corrected chi connectivity index (χ1v) is 9.63. The molecule has 1 N–H and O–H groups in total. The molecule has 0 atom stereocenters. The van der Waals surface area contributed by atoms with E-state index in [0.717, 1.165) is 56.8 Å². The van der Waals surface area contributed by atoms with E-state index < -0.39 is 0 Å². The van der Waals surface area contributed by atoms with Crippen LogP contribution in [0.2, 0.25) is 0 Å². The van der Waals surface area contributed by atoms with Crippen LogP contribution in [0.15, 0.2) is 78.9 Å². The smallest absolute Gasteiger partial charge is 0.135 e. The minimum atomic E-state index is 0. The minimum Gasteiger partial charge on any atom is -0.508 e. The second kappa shape index (κ2) is 5.80. The molecule has 146 valence electrons. The molecule has 0 saturated heterocycles. The molecule has 4 nitrogen and oxygen atoms in total. The van der Waals surface area contributed by atoms with Crippen LogP contribution < -0.4 is 14.4 Å². The highest BCUT2D eigenvalue weighted by Gasteiger charge is 2.44. The van der Waals surface area contributed by atoms with E-state index in [-0.39, 0.29) is 19.1 Å². The molecule has 0 aromatic heterocycles. The van der Waals surface area contributed by atoms with Gasteiger partial charge in [-0.2, -0.15) is 0 Å². The van der Waals surface area contributed by atoms with Crippen LogP contribution in [0.5, 0.6) is 28.7 Å². The lowest BCUT2D eigenvalue weighted by atomic mass is 9.76. The van der Waals surface area contributed by atoms with Gasteiger partial charge in [-0.05, 0) is 60.7 Å². The standard InChI is InChI=1S/C25H15NO3.CH4/c27-15-12-10-14(11-13-15)26-16-4-1-6-18-22(16)25-23-17(26)5-2-7-19(23)29-21-9-3-8-20(28-18)24(21)25;/h1-13,25,27H;1H4. The Kier molecular flexibility index (Phi) is 3.28. The fraction of sp³-hybridized carbons (Fsp3) is 0.0769. The summed E-state index contributed by atoms with van der Waals surface area (Å²) in [6, 6.07) is 25.7. The summed E-state index contributed by atoms with van der Waals surface area (Å²) in [6.45, 7) is 0. The van der Waals surface area contributed by atoms with E-state index in [1.165, 1.54) is 0 Å². The van der Waals surface area contributed by atoms with Gasteiger partial charge in [-0.25, -0.2) is 0 Å². The molecule has 4 aromatic carbocycles. The topological polar surface area (TPSA) is 41.9 Å². The van der Waals surface area contributed by atoms with Gasteiger partial charge in [0.15, 0.2) is 0 Å². The highest BCUT2D eigenvalue weighted by atomic mass is 16.5. The molecule has 0 radical (unpaired) electrons. The summed E-state index contributed by atoms with van der Waals surface area (Å²) < 4.78 is 12.6. The van der Waals surface area contributed by atoms with Gasteiger partial charge >= 0.3 is 0 Å². The number of ether oxygens (including phenoxy) is 2. The molecule has 3 heterocycles. The SMILES string of the molecule is C.Oc1ccc(N2c3cccc4c3C3c5c(cccc5Oc5cccc2c53)O4)cc1. The van der Waals surface area contributed by atoms with Crippen molar-refractivity contribution >= 4 is 17.1 Å². The molecule has 0 unspecified atom stereocenters. The molecule has 4 aromatic rings. The van der Waals surface area contributed by atoms with Crippen LogP contribution in [0, 0.1) is 0 Å². The Labute approximate surface area is 174 Å². The van der Waals surface area contributed by atoms with Crippen LogP contribution >= 0.6 is 0 Å². The molecule has 3 aliphatic heterocycles. The molecular formula is C26H19NO3. The Hall–Kier alpha value is -3.92. The maximum absolute atomic E-state index is 9.78. The summed E-state index contributed by atoms with van der Waals surface area (Å²) in [5, 5.41) is 9.78. The summed E-state index contributed by atoms with van der Waals surface area (Å²) in [7, 11) is 0. The van der Waals surface area contributed by atoms with E-state index in [4.69, 9.17) is 9.47 Å². The van der Waals surface area contributed by atoms with Gasteiger partial charge < -0.3 is 19.5 Å². The van der Waals surface area contributed by atoms with Crippen LogP contribution in [0.25, 0.3) is 0 Å². The number of phenolic OH excluding ortho intramolecular Hbond substituents is 1. The number of hydrogen-bond acceptors (Lipinski definition) is 4. The lowest BCUT2D eigenvalue weighted by Crippen LogP contribution is -2.27. The van der Waals surface area contributed by atoms with E-state index in [0.29, 0.717) is 0 Å². The maximum atomic E-state index is 9.78. The number of hydrogen-bond donors (Lipinski definition) is 1. The summed E-state index contributed by atoms with van der Waals surface area (Å²) >= 11 is 0. The average molecular weight is 393 g/mol. The monoisotopic (exact) mass is 393 g/mol. The normalized spacial score (nSPS) is 14.2. The minimum absolute atomic E-state index is 0. The van der Waals surface area contributed by atoms with Crippen molar-refractivity contribution in [3.8, 4) is 28.7 Å². The van der Waals surface area contributed by atoms with Crippen molar-refractivity contribution < 1.29 is 14.6 Å². The third-order valence-corrected chi connectivity index (χ3v) is 6.01. The fourth-order valence-electron chi connectivity index (χ4n) is 4.88. The van der Waals surface area contributed by atoms with E-state index in [1.807, 2.05) is 54.6 Å². The van der Waals surface area contributed by atoms with Crippen LogP contribution in [-0.2, 0) is 0 Å². The Morgan fingerprint density at radius 3 is 1.60 bits per heavy atom. The van der Waals surface area contributed by atoms with Gasteiger partial charge in [0.25, 0.3) is 0 Å². The van der Waals surface area contributed by atoms with Crippen LogP contribution in [0.3, 0.4) is 0 Å². The molecular weight excluding hydrogens is 374 g/mol. The largest absolute Gasteiger partial charge is 0.508 e. The molecule has 4 heteroatoms. The quantitative estimate of drug-likeness (QED) is 0.320. The van der Waals surface area contributed by atoms with Gasteiger partial charge in [0.2, 0.25) is 0 Å². The molecule has 0 spiro atoms. The van der Waals surface area contributed by atoms with E-state index in [2.05, 4.69) is 17.0 Å². The van der Waals surface area contributed by atoms with E-state index in [9.17, 15) is 5.11 Å². The molecule has 7 rings (SSSR count). The average Bonchev–Trinajstić information content (AvgIpc) is 2.75. The Bertz CT molecular complexity index is 1250. The molecule has 0 aliphatic carbocycles. The summed E-state index contributed by atoms with van der Waals surface area (Å²) in [5.41, 5.74) is 6.56. The van der Waals surface area contributed by atoms with Gasteiger partial charge in [-0.3, -0.25) is 0 Å². The third-order valence-electron chi connectivity index (χ3n) is 6.01. The predicted molar refractivity (Wildman–Crippen MR) is 117 cm³/mol. The number of aromatic hydroxyl groups is 1. The first-order valence-electron chi connectivity index (χ1n) is 9.63. The van der Waals surface area contributed by atoms with Crippen LogP contribution in [0.4, 0.5) is 17.1 Å².